The number of rotatable bonds is 7. The van der Waals surface area contributed by atoms with Crippen molar-refractivity contribution in [3.63, 3.8) is 0 Å². The number of nitrogens with two attached hydrogens (primary N) is 1. The summed E-state index contributed by atoms with van der Waals surface area (Å²) in [4.78, 5) is 12.0. The molecule has 4 N–H and O–H groups in total. The lowest BCUT2D eigenvalue weighted by Gasteiger charge is -2.06. The van der Waals surface area contributed by atoms with Crippen LogP contribution in [0.2, 0.25) is 5.02 Å². The van der Waals surface area contributed by atoms with Gasteiger partial charge in [-0.05, 0) is 28.5 Å². The Morgan fingerprint density at radius 1 is 1.26 bits per heavy atom. The highest BCUT2D eigenvalue weighted by Gasteiger charge is 2.23. The summed E-state index contributed by atoms with van der Waals surface area (Å²) in [5.41, 5.74) is 0.171. The van der Waals surface area contributed by atoms with E-state index in [1.54, 1.807) is 0 Å². The Hall–Kier alpha value is -2.81. The largest absolute Gasteiger partial charge is 0.446 e. The molecule has 0 aliphatic carbocycles. The molecular weight excluding hydrogens is 409 g/mol. The molecule has 0 bridgehead atoms. The minimum Gasteiger partial charge on any atom is -0.364 e. The molecule has 1 aromatic carbocycles. The average Bonchev–Trinajstić information content (AvgIpc) is 3.19. The van der Waals surface area contributed by atoms with Crippen LogP contribution in [-0.4, -0.2) is 41.5 Å². The van der Waals surface area contributed by atoms with Crippen LogP contribution in [0.3, 0.4) is 0 Å². The van der Waals surface area contributed by atoms with E-state index >= 15 is 0 Å². The van der Waals surface area contributed by atoms with Crippen molar-refractivity contribution in [2.24, 2.45) is 5.14 Å². The third kappa shape index (κ3) is 4.30. The Morgan fingerprint density at radius 3 is 2.74 bits per heavy atom. The van der Waals surface area contributed by atoms with Crippen LogP contribution in [0.1, 0.15) is 0 Å². The third-order valence-corrected chi connectivity index (χ3v) is 4.08. The van der Waals surface area contributed by atoms with Gasteiger partial charge < -0.3 is 5.32 Å². The summed E-state index contributed by atoms with van der Waals surface area (Å²) < 4.78 is 47.4. The Morgan fingerprint density at radius 2 is 2.04 bits per heavy atom. The van der Waals surface area contributed by atoms with Gasteiger partial charge in [0.2, 0.25) is 11.6 Å². The second kappa shape index (κ2) is 7.43. The molecule has 144 valence electrons. The van der Waals surface area contributed by atoms with Gasteiger partial charge in [0.15, 0.2) is 5.69 Å². The standard InChI is InChI=1S/C12H11ClFN7O5S/c13-7-5-6(1-2-8(7)14)21-11(20-25-12(21)22)9-10(19-26-18-9)16-3-4-17-27(15,23)24/h1-2,5,17H,3-4H2,(H,16,19)(H2,15,23,24). The van der Waals surface area contributed by atoms with Crippen LogP contribution in [0.15, 0.2) is 32.1 Å². The van der Waals surface area contributed by atoms with Gasteiger partial charge in [0.25, 0.3) is 10.2 Å². The third-order valence-electron chi connectivity index (χ3n) is 3.19. The minimum atomic E-state index is -3.84. The molecule has 0 aliphatic heterocycles. The van der Waals surface area contributed by atoms with Crippen molar-refractivity contribution >= 4 is 27.6 Å². The molecule has 0 amide bonds. The van der Waals surface area contributed by atoms with Crippen molar-refractivity contribution in [3.8, 4) is 17.2 Å². The smallest absolute Gasteiger partial charge is 0.364 e. The highest BCUT2D eigenvalue weighted by atomic mass is 35.5. The molecule has 3 aromatic rings. The van der Waals surface area contributed by atoms with Crippen LogP contribution in [0.5, 0.6) is 0 Å². The number of anilines is 1. The lowest BCUT2D eigenvalue weighted by Crippen LogP contribution is -2.34. The molecule has 0 aliphatic rings. The quantitative estimate of drug-likeness (QED) is 0.441. The molecule has 3 rings (SSSR count). The van der Waals surface area contributed by atoms with Crippen LogP contribution < -0.4 is 20.9 Å². The zero-order valence-corrected chi connectivity index (χ0v) is 14.8. The second-order valence-electron chi connectivity index (χ2n) is 5.03. The van der Waals surface area contributed by atoms with E-state index in [9.17, 15) is 17.6 Å². The van der Waals surface area contributed by atoms with Crippen molar-refractivity contribution in [2.45, 2.75) is 0 Å². The van der Waals surface area contributed by atoms with Crippen molar-refractivity contribution in [2.75, 3.05) is 18.4 Å². The highest BCUT2D eigenvalue weighted by molar-refractivity contribution is 7.87. The van der Waals surface area contributed by atoms with Gasteiger partial charge in [0.1, 0.15) is 5.82 Å². The Kier molecular flexibility index (Phi) is 5.22. The SMILES string of the molecule is NS(=O)(=O)NCCNc1nonc1-c1noc(=O)n1-c1ccc(F)c(Cl)c1. The van der Waals surface area contributed by atoms with E-state index < -0.39 is 21.8 Å². The van der Waals surface area contributed by atoms with Gasteiger partial charge >= 0.3 is 5.76 Å². The predicted molar refractivity (Wildman–Crippen MR) is 90.0 cm³/mol. The van der Waals surface area contributed by atoms with Crippen LogP contribution in [0, 0.1) is 5.82 Å². The van der Waals surface area contributed by atoms with Gasteiger partial charge in [-0.25, -0.2) is 28.2 Å². The maximum absolute atomic E-state index is 13.4. The number of nitrogens with zero attached hydrogens (tertiary/aromatic N) is 4. The molecule has 15 heteroatoms. The lowest BCUT2D eigenvalue weighted by atomic mass is 10.3. The average molecular weight is 420 g/mol. The highest BCUT2D eigenvalue weighted by Crippen LogP contribution is 2.25. The van der Waals surface area contributed by atoms with Crippen LogP contribution >= 0.6 is 11.6 Å². The molecule has 0 atom stereocenters. The van der Waals surface area contributed by atoms with E-state index in [0.29, 0.717) is 0 Å². The van der Waals surface area contributed by atoms with Gasteiger partial charge in [0, 0.05) is 13.1 Å². The van der Waals surface area contributed by atoms with Gasteiger partial charge in [-0.3, -0.25) is 4.52 Å². The first kappa shape index (κ1) is 19.0. The molecule has 27 heavy (non-hydrogen) atoms. The first-order valence-electron chi connectivity index (χ1n) is 7.14. The first-order chi connectivity index (χ1) is 12.8. The summed E-state index contributed by atoms with van der Waals surface area (Å²) in [6.07, 6.45) is 0. The van der Waals surface area contributed by atoms with E-state index in [1.165, 1.54) is 12.1 Å². The number of benzene rings is 1. The number of hydrogen-bond donors (Lipinski definition) is 3. The number of aromatic nitrogens is 4. The molecule has 0 spiro atoms. The Bertz CT molecular complexity index is 1130. The molecule has 2 aromatic heterocycles. The topological polar surface area (TPSA) is 171 Å². The van der Waals surface area contributed by atoms with Gasteiger partial charge in [-0.2, -0.15) is 8.42 Å². The number of hydrogen-bond acceptors (Lipinski definition) is 9. The second-order valence-corrected chi connectivity index (χ2v) is 6.82. The lowest BCUT2D eigenvalue weighted by molar-refractivity contribution is 0.309. The van der Waals surface area contributed by atoms with Crippen LogP contribution in [0.4, 0.5) is 10.2 Å². The summed E-state index contributed by atoms with van der Waals surface area (Å²) in [6.45, 7) is 0.0203. The Labute approximate surface area is 155 Å². The maximum Gasteiger partial charge on any atom is 0.446 e. The fourth-order valence-corrected chi connectivity index (χ4v) is 2.64. The monoisotopic (exact) mass is 419 g/mol. The van der Waals surface area contributed by atoms with Crippen LogP contribution in [0.25, 0.3) is 17.2 Å². The minimum absolute atomic E-state index is 0.00287. The van der Waals surface area contributed by atoms with Gasteiger partial charge in [0.05, 0.1) is 10.7 Å². The van der Waals surface area contributed by atoms with Gasteiger partial charge in [-0.1, -0.05) is 16.8 Å². The normalized spacial score (nSPS) is 11.7. The summed E-state index contributed by atoms with van der Waals surface area (Å²) in [5, 5.41) is 18.2. The molecule has 0 saturated heterocycles. The molecule has 0 fully saturated rings. The van der Waals surface area contributed by atoms with Crippen molar-refractivity contribution in [1.82, 2.24) is 24.8 Å². The summed E-state index contributed by atoms with van der Waals surface area (Å²) in [7, 11) is -3.84. The van der Waals surface area contributed by atoms with E-state index in [1.807, 2.05) is 0 Å². The zero-order valence-electron chi connectivity index (χ0n) is 13.2. The predicted octanol–water partition coefficient (Wildman–Crippen LogP) is -0.127. The van der Waals surface area contributed by atoms with E-state index in [0.717, 1.165) is 10.6 Å². The van der Waals surface area contributed by atoms with Crippen molar-refractivity contribution in [3.05, 3.63) is 39.6 Å². The first-order valence-corrected chi connectivity index (χ1v) is 9.07. The number of halogens is 2. The summed E-state index contributed by atoms with van der Waals surface area (Å²) in [5.74, 6) is -1.58. The van der Waals surface area contributed by atoms with E-state index in [-0.39, 0.29) is 41.1 Å². The molecule has 0 saturated carbocycles. The summed E-state index contributed by atoms with van der Waals surface area (Å²) in [6, 6.07) is 3.57. The summed E-state index contributed by atoms with van der Waals surface area (Å²) >= 11 is 5.75. The van der Waals surface area contributed by atoms with Gasteiger partial charge in [-0.15, -0.1) is 0 Å². The van der Waals surface area contributed by atoms with Crippen molar-refractivity contribution < 1.29 is 22.0 Å². The van der Waals surface area contributed by atoms with E-state index in [2.05, 4.69) is 34.7 Å². The van der Waals surface area contributed by atoms with Crippen LogP contribution in [-0.2, 0) is 10.2 Å². The molecule has 2 heterocycles. The van der Waals surface area contributed by atoms with E-state index in [4.69, 9.17) is 16.7 Å². The molecule has 0 unspecified atom stereocenters. The maximum atomic E-state index is 13.4. The molecular formula is C12H11ClFN7O5S. The Balaban J connectivity index is 1.89. The molecule has 0 radical (unpaired) electrons. The fraction of sp³-hybridized carbons (Fsp3) is 0.167. The zero-order chi connectivity index (χ0) is 19.6. The molecule has 12 nitrogen and oxygen atoms in total. The fourth-order valence-electron chi connectivity index (χ4n) is 2.08. The van der Waals surface area contributed by atoms with Crippen molar-refractivity contribution in [1.29, 1.82) is 0 Å². The number of nitrogens with one attached hydrogen (secondary N) is 2.